The molecule has 0 aliphatic carbocycles. The lowest BCUT2D eigenvalue weighted by atomic mass is 9.86. The largest absolute Gasteiger partial charge is 0.497 e. The molecular weight excluding hydrogens is 374 g/mol. The normalized spacial score (nSPS) is 12.4. The minimum Gasteiger partial charge on any atom is -0.497 e. The summed E-state index contributed by atoms with van der Waals surface area (Å²) in [6, 6.07) is 14.2. The van der Waals surface area contributed by atoms with Crippen LogP contribution in [-0.2, 0) is 14.3 Å². The summed E-state index contributed by atoms with van der Waals surface area (Å²) in [5.41, 5.74) is 0.885. The predicted octanol–water partition coefficient (Wildman–Crippen LogP) is 3.54. The molecule has 1 amide bonds. The van der Waals surface area contributed by atoms with Crippen molar-refractivity contribution in [2.45, 2.75) is 19.9 Å². The molecular formula is C22H25NO6. The number of ether oxygens (including phenoxy) is 3. The Labute approximate surface area is 170 Å². The van der Waals surface area contributed by atoms with E-state index < -0.39 is 29.8 Å². The zero-order valence-electron chi connectivity index (χ0n) is 16.7. The number of alkyl carbamates (subject to hydrolysis) is 1. The molecule has 1 N–H and O–H groups in total. The Kier molecular flexibility index (Phi) is 8.21. The smallest absolute Gasteiger partial charge is 0.407 e. The van der Waals surface area contributed by atoms with E-state index >= 15 is 0 Å². The van der Waals surface area contributed by atoms with Gasteiger partial charge in [-0.25, -0.2) is 4.79 Å². The molecule has 0 unspecified atom stereocenters. The fourth-order valence-electron chi connectivity index (χ4n) is 2.88. The van der Waals surface area contributed by atoms with Gasteiger partial charge in [-0.2, -0.15) is 0 Å². The van der Waals surface area contributed by atoms with E-state index in [1.54, 1.807) is 68.4 Å². The van der Waals surface area contributed by atoms with Gasteiger partial charge in [-0.1, -0.05) is 42.5 Å². The van der Waals surface area contributed by atoms with Crippen LogP contribution in [0.1, 0.15) is 35.8 Å². The molecule has 0 saturated heterocycles. The summed E-state index contributed by atoms with van der Waals surface area (Å²) in [6.07, 6.45) is -0.733. The maximum absolute atomic E-state index is 13.2. The molecule has 0 heterocycles. The van der Waals surface area contributed by atoms with E-state index in [4.69, 9.17) is 14.2 Å². The van der Waals surface area contributed by atoms with Crippen LogP contribution in [0, 0.1) is 5.92 Å². The van der Waals surface area contributed by atoms with Crippen LogP contribution >= 0.6 is 0 Å². The third-order valence-electron chi connectivity index (χ3n) is 4.24. The van der Waals surface area contributed by atoms with E-state index in [-0.39, 0.29) is 13.2 Å². The Morgan fingerprint density at radius 3 is 2.07 bits per heavy atom. The van der Waals surface area contributed by atoms with Gasteiger partial charge in [0.05, 0.1) is 26.4 Å². The number of rotatable bonds is 9. The van der Waals surface area contributed by atoms with Crippen LogP contribution in [-0.4, -0.2) is 38.2 Å². The Morgan fingerprint density at radius 1 is 0.897 bits per heavy atom. The van der Waals surface area contributed by atoms with Gasteiger partial charge in [-0.05, 0) is 31.5 Å². The molecule has 0 aromatic heterocycles. The standard InChI is InChI=1S/C22H25NO6/c1-4-28-21(25)18(20(24)16-9-7-6-8-10-16)19(23-22(26)29-5-2)15-11-13-17(27-3)14-12-15/h6-14,18-19H,4-5H2,1-3H3,(H,23,26)/t18-,19-/m1/s1. The molecule has 154 valence electrons. The number of ketones is 1. The molecule has 2 atom stereocenters. The molecule has 2 rings (SSSR count). The summed E-state index contributed by atoms with van der Waals surface area (Å²) in [7, 11) is 1.53. The molecule has 0 spiro atoms. The van der Waals surface area contributed by atoms with E-state index in [1.165, 1.54) is 7.11 Å². The lowest BCUT2D eigenvalue weighted by Crippen LogP contribution is -2.41. The number of Topliss-reactive ketones (excluding diaryl/α,β-unsaturated/α-hetero) is 1. The first-order chi connectivity index (χ1) is 14.0. The quantitative estimate of drug-likeness (QED) is 0.394. The van der Waals surface area contributed by atoms with Crippen LogP contribution < -0.4 is 10.1 Å². The van der Waals surface area contributed by atoms with Crippen molar-refractivity contribution in [2.75, 3.05) is 20.3 Å². The molecule has 0 fully saturated rings. The number of hydrogen-bond donors (Lipinski definition) is 1. The number of carbonyl (C=O) groups excluding carboxylic acids is 3. The van der Waals surface area contributed by atoms with E-state index in [1.807, 2.05) is 0 Å². The number of nitrogens with one attached hydrogen (secondary N) is 1. The van der Waals surface area contributed by atoms with Crippen molar-refractivity contribution in [1.29, 1.82) is 0 Å². The van der Waals surface area contributed by atoms with Crippen molar-refractivity contribution >= 4 is 17.8 Å². The molecule has 0 bridgehead atoms. The van der Waals surface area contributed by atoms with Crippen molar-refractivity contribution in [2.24, 2.45) is 5.92 Å². The fraction of sp³-hybridized carbons (Fsp3) is 0.318. The molecule has 0 aliphatic rings. The lowest BCUT2D eigenvalue weighted by Gasteiger charge is -2.26. The molecule has 2 aromatic rings. The van der Waals surface area contributed by atoms with Gasteiger partial charge in [0.1, 0.15) is 11.7 Å². The van der Waals surface area contributed by atoms with Crippen molar-refractivity contribution in [3.63, 3.8) is 0 Å². The van der Waals surface area contributed by atoms with Gasteiger partial charge >= 0.3 is 12.1 Å². The SMILES string of the molecule is CCOC(=O)N[C@H](c1ccc(OC)cc1)[C@@H](C(=O)OCC)C(=O)c1ccccc1. The zero-order valence-corrected chi connectivity index (χ0v) is 16.7. The van der Waals surface area contributed by atoms with Gasteiger partial charge in [-0.3, -0.25) is 9.59 Å². The van der Waals surface area contributed by atoms with E-state index in [2.05, 4.69) is 5.32 Å². The van der Waals surface area contributed by atoms with Gasteiger partial charge in [0.2, 0.25) is 0 Å². The molecule has 2 aromatic carbocycles. The van der Waals surface area contributed by atoms with Crippen LogP contribution in [0.25, 0.3) is 0 Å². The monoisotopic (exact) mass is 399 g/mol. The van der Waals surface area contributed by atoms with Crippen LogP contribution in [0.2, 0.25) is 0 Å². The summed E-state index contributed by atoms with van der Waals surface area (Å²) in [4.78, 5) is 38.2. The highest BCUT2D eigenvalue weighted by Gasteiger charge is 2.39. The Balaban J connectivity index is 2.50. The Hall–Kier alpha value is -3.35. The van der Waals surface area contributed by atoms with Crippen molar-refractivity contribution < 1.29 is 28.6 Å². The van der Waals surface area contributed by atoms with Crippen LogP contribution in [0.5, 0.6) is 5.75 Å². The van der Waals surface area contributed by atoms with Crippen molar-refractivity contribution in [3.05, 3.63) is 65.7 Å². The first kappa shape index (κ1) is 21.9. The highest BCUT2D eigenvalue weighted by Crippen LogP contribution is 2.28. The lowest BCUT2D eigenvalue weighted by molar-refractivity contribution is -0.147. The number of carbonyl (C=O) groups is 3. The topological polar surface area (TPSA) is 90.9 Å². The Bertz CT molecular complexity index is 819. The molecule has 0 radical (unpaired) electrons. The average molecular weight is 399 g/mol. The number of benzene rings is 2. The minimum absolute atomic E-state index is 0.103. The third kappa shape index (κ3) is 5.81. The molecule has 7 nitrogen and oxygen atoms in total. The second-order valence-electron chi connectivity index (χ2n) is 6.08. The van der Waals surface area contributed by atoms with Crippen LogP contribution in [0.4, 0.5) is 4.79 Å². The minimum atomic E-state index is -1.28. The van der Waals surface area contributed by atoms with E-state index in [0.717, 1.165) is 0 Å². The summed E-state index contributed by atoms with van der Waals surface area (Å²) in [6.45, 7) is 3.58. The Morgan fingerprint density at radius 2 is 1.52 bits per heavy atom. The van der Waals surface area contributed by atoms with Crippen LogP contribution in [0.15, 0.2) is 54.6 Å². The molecule has 29 heavy (non-hydrogen) atoms. The molecule has 7 heteroatoms. The number of esters is 1. The summed E-state index contributed by atoms with van der Waals surface area (Å²) in [5.74, 6) is -1.86. The maximum Gasteiger partial charge on any atom is 0.407 e. The van der Waals surface area contributed by atoms with Gasteiger partial charge in [-0.15, -0.1) is 0 Å². The number of methoxy groups -OCH3 is 1. The van der Waals surface area contributed by atoms with Crippen LogP contribution in [0.3, 0.4) is 0 Å². The highest BCUT2D eigenvalue weighted by atomic mass is 16.5. The van der Waals surface area contributed by atoms with Gasteiger partial charge in [0, 0.05) is 5.56 Å². The summed E-state index contributed by atoms with van der Waals surface area (Å²) in [5, 5.41) is 2.64. The number of hydrogen-bond acceptors (Lipinski definition) is 6. The third-order valence-corrected chi connectivity index (χ3v) is 4.24. The fourth-order valence-corrected chi connectivity index (χ4v) is 2.88. The van der Waals surface area contributed by atoms with E-state index in [9.17, 15) is 14.4 Å². The van der Waals surface area contributed by atoms with E-state index in [0.29, 0.717) is 16.9 Å². The van der Waals surface area contributed by atoms with Gasteiger partial charge < -0.3 is 19.5 Å². The summed E-state index contributed by atoms with van der Waals surface area (Å²) < 4.78 is 15.3. The zero-order chi connectivity index (χ0) is 21.2. The first-order valence-corrected chi connectivity index (χ1v) is 9.34. The van der Waals surface area contributed by atoms with Gasteiger partial charge in [0.25, 0.3) is 0 Å². The highest BCUT2D eigenvalue weighted by molar-refractivity contribution is 6.09. The van der Waals surface area contributed by atoms with Crippen molar-refractivity contribution in [1.82, 2.24) is 5.32 Å². The molecule has 0 saturated carbocycles. The summed E-state index contributed by atoms with van der Waals surface area (Å²) >= 11 is 0. The predicted molar refractivity (Wildman–Crippen MR) is 107 cm³/mol. The second kappa shape index (κ2) is 10.8. The number of amides is 1. The first-order valence-electron chi connectivity index (χ1n) is 9.34. The van der Waals surface area contributed by atoms with Gasteiger partial charge in [0.15, 0.2) is 5.78 Å². The van der Waals surface area contributed by atoms with Crippen molar-refractivity contribution in [3.8, 4) is 5.75 Å². The maximum atomic E-state index is 13.2. The second-order valence-corrected chi connectivity index (χ2v) is 6.08. The molecule has 0 aliphatic heterocycles. The average Bonchev–Trinajstić information content (AvgIpc) is 2.74.